The van der Waals surface area contributed by atoms with Crippen LogP contribution in [-0.4, -0.2) is 7.12 Å². The number of hydrogen-bond acceptors (Lipinski definition) is 2. The van der Waals surface area contributed by atoms with Crippen molar-refractivity contribution in [3.8, 4) is 0 Å². The SMILES string of the molecule is [Li+].[Li+].[O-]B([O-])c1cc(F)c(F)c(F)c1F. The van der Waals surface area contributed by atoms with Gasteiger partial charge in [0.2, 0.25) is 0 Å². The van der Waals surface area contributed by atoms with Crippen LogP contribution < -0.4 is 53.2 Å². The summed E-state index contributed by atoms with van der Waals surface area (Å²) >= 11 is 0. The molecule has 0 fully saturated rings. The molecule has 1 aromatic rings. The largest absolute Gasteiger partial charge is 1.00 e. The minimum atomic E-state index is -2.88. The summed E-state index contributed by atoms with van der Waals surface area (Å²) in [5, 5.41) is 20.2. The molecule has 70 valence electrons. The molecule has 0 radical (unpaired) electrons. The van der Waals surface area contributed by atoms with E-state index in [4.69, 9.17) is 0 Å². The fourth-order valence-corrected chi connectivity index (χ4v) is 0.763. The molecule has 1 aromatic carbocycles. The summed E-state index contributed by atoms with van der Waals surface area (Å²) in [7, 11) is -2.88. The first-order valence-electron chi connectivity index (χ1n) is 3.09. The van der Waals surface area contributed by atoms with Gasteiger partial charge in [-0.3, -0.25) is 0 Å². The Morgan fingerprint density at radius 2 is 1.33 bits per heavy atom. The molecule has 0 heterocycles. The van der Waals surface area contributed by atoms with E-state index in [1.807, 2.05) is 0 Å². The summed E-state index contributed by atoms with van der Waals surface area (Å²) in [4.78, 5) is 0. The molecule has 2 nitrogen and oxygen atoms in total. The standard InChI is InChI=1S/C6HBF4O2.2Li/c8-3-1-2(7(12)13)4(9)6(11)5(3)10;;/h1H;;/q-2;2*+1. The average Bonchev–Trinajstić information content (AvgIpc) is 2.07. The van der Waals surface area contributed by atoms with Crippen LogP contribution in [0.3, 0.4) is 0 Å². The average molecular weight is 206 g/mol. The van der Waals surface area contributed by atoms with E-state index in [9.17, 15) is 27.6 Å². The number of halogens is 4. The Labute approximate surface area is 107 Å². The maximum atomic E-state index is 12.5. The second-order valence-corrected chi connectivity index (χ2v) is 2.22. The van der Waals surface area contributed by atoms with Gasteiger partial charge in [-0.2, -0.15) is 0 Å². The first-order chi connectivity index (χ1) is 5.95. The summed E-state index contributed by atoms with van der Waals surface area (Å²) in [6.07, 6.45) is 0. The van der Waals surface area contributed by atoms with Gasteiger partial charge in [-0.1, -0.05) is 12.6 Å². The minimum Gasteiger partial charge on any atom is -0.889 e. The molecule has 0 amide bonds. The van der Waals surface area contributed by atoms with Crippen LogP contribution in [0.15, 0.2) is 6.07 Å². The number of rotatable bonds is 1. The predicted octanol–water partition coefficient (Wildman–Crippen LogP) is -7.33. The number of hydrogen-bond donors (Lipinski definition) is 0. The molecule has 9 heteroatoms. The van der Waals surface area contributed by atoms with Gasteiger partial charge in [0.05, 0.1) is 0 Å². The van der Waals surface area contributed by atoms with Crippen LogP contribution in [0.2, 0.25) is 0 Å². The van der Waals surface area contributed by atoms with Crippen LogP contribution in [0.5, 0.6) is 0 Å². The molecule has 0 aliphatic carbocycles. The van der Waals surface area contributed by atoms with Crippen LogP contribution in [0.4, 0.5) is 17.6 Å². The van der Waals surface area contributed by atoms with Gasteiger partial charge in [-0.25, -0.2) is 17.6 Å². The van der Waals surface area contributed by atoms with Crippen LogP contribution in [0.25, 0.3) is 0 Å². The van der Waals surface area contributed by atoms with Crippen molar-refractivity contribution in [2.75, 3.05) is 0 Å². The van der Waals surface area contributed by atoms with Gasteiger partial charge in [-0.05, 0) is 6.07 Å². The molecule has 0 aromatic heterocycles. The van der Waals surface area contributed by atoms with Gasteiger partial charge in [0.1, 0.15) is 0 Å². The Balaban J connectivity index is 0. The molecule has 0 N–H and O–H groups in total. The first-order valence-corrected chi connectivity index (χ1v) is 3.09. The Morgan fingerprint density at radius 1 is 0.867 bits per heavy atom. The Bertz CT molecular complexity index is 350. The summed E-state index contributed by atoms with van der Waals surface area (Å²) in [6.45, 7) is 0. The fraction of sp³-hybridized carbons (Fsp3) is 0. The second-order valence-electron chi connectivity index (χ2n) is 2.22. The van der Waals surface area contributed by atoms with E-state index in [2.05, 4.69) is 0 Å². The first kappa shape index (κ1) is 17.5. The number of benzene rings is 1. The van der Waals surface area contributed by atoms with Crippen LogP contribution in [0.1, 0.15) is 0 Å². The van der Waals surface area contributed by atoms with Gasteiger partial charge in [0.25, 0.3) is 0 Å². The zero-order valence-electron chi connectivity index (χ0n) is 7.98. The molecule has 1 rings (SSSR count). The fourth-order valence-electron chi connectivity index (χ4n) is 0.763. The third kappa shape index (κ3) is 3.57. The van der Waals surface area contributed by atoms with E-state index < -0.39 is 35.9 Å². The third-order valence-corrected chi connectivity index (χ3v) is 1.38. The Hall–Kier alpha value is 0.120. The van der Waals surface area contributed by atoms with Crippen LogP contribution >= 0.6 is 0 Å². The second kappa shape index (κ2) is 6.65. The molecule has 0 saturated carbocycles. The van der Waals surface area contributed by atoms with Crippen molar-refractivity contribution in [3.63, 3.8) is 0 Å². The monoisotopic (exact) mass is 206 g/mol. The van der Waals surface area contributed by atoms with Crippen molar-refractivity contribution in [3.05, 3.63) is 29.3 Å². The minimum absolute atomic E-state index is 0. The van der Waals surface area contributed by atoms with Crippen molar-refractivity contribution in [2.24, 2.45) is 0 Å². The van der Waals surface area contributed by atoms with Crippen LogP contribution in [-0.2, 0) is 0 Å². The van der Waals surface area contributed by atoms with E-state index >= 15 is 0 Å². The molecule has 0 spiro atoms. The normalized spacial score (nSPS) is 8.93. The van der Waals surface area contributed by atoms with E-state index in [0.29, 0.717) is 0 Å². The zero-order chi connectivity index (χ0) is 10.2. The topological polar surface area (TPSA) is 46.1 Å². The molecule has 0 aliphatic heterocycles. The zero-order valence-corrected chi connectivity index (χ0v) is 7.98. The molecule has 0 atom stereocenters. The van der Waals surface area contributed by atoms with Gasteiger partial charge in [0, 0.05) is 0 Å². The smallest absolute Gasteiger partial charge is 0.889 e. The molecular weight excluding hydrogens is 205 g/mol. The summed E-state index contributed by atoms with van der Waals surface area (Å²) in [5.74, 6) is -7.88. The third-order valence-electron chi connectivity index (χ3n) is 1.38. The molecule has 0 bridgehead atoms. The predicted molar refractivity (Wildman–Crippen MR) is 31.7 cm³/mol. The van der Waals surface area contributed by atoms with E-state index in [0.717, 1.165) is 0 Å². The molecule has 0 unspecified atom stereocenters. The molecule has 15 heavy (non-hydrogen) atoms. The van der Waals surface area contributed by atoms with Crippen molar-refractivity contribution >= 4 is 12.6 Å². The summed E-state index contributed by atoms with van der Waals surface area (Å²) < 4.78 is 49.4. The maximum absolute atomic E-state index is 12.5. The van der Waals surface area contributed by atoms with Crippen molar-refractivity contribution < 1.29 is 65.3 Å². The van der Waals surface area contributed by atoms with Gasteiger partial charge in [0.15, 0.2) is 23.3 Å². The van der Waals surface area contributed by atoms with E-state index in [1.165, 1.54) is 0 Å². The summed E-state index contributed by atoms with van der Waals surface area (Å²) in [5.41, 5.74) is -1.27. The van der Waals surface area contributed by atoms with E-state index in [-0.39, 0.29) is 43.8 Å². The van der Waals surface area contributed by atoms with Gasteiger partial charge < -0.3 is 10.0 Å². The van der Waals surface area contributed by atoms with Gasteiger partial charge in [-0.15, -0.1) is 0 Å². The van der Waals surface area contributed by atoms with Crippen molar-refractivity contribution in [1.82, 2.24) is 0 Å². The molecule has 0 saturated heterocycles. The van der Waals surface area contributed by atoms with E-state index in [1.54, 1.807) is 0 Å². The Kier molecular flexibility index (Phi) is 7.76. The maximum Gasteiger partial charge on any atom is 1.00 e. The van der Waals surface area contributed by atoms with Crippen LogP contribution in [0, 0.1) is 23.3 Å². The Morgan fingerprint density at radius 3 is 1.73 bits per heavy atom. The summed E-state index contributed by atoms with van der Waals surface area (Å²) in [6, 6.07) is 0.0540. The van der Waals surface area contributed by atoms with Crippen molar-refractivity contribution in [2.45, 2.75) is 0 Å². The molecular formula is C6HBF4Li2O2. The quantitative estimate of drug-likeness (QED) is 0.198. The molecule has 0 aliphatic rings. The van der Waals surface area contributed by atoms with Gasteiger partial charge >= 0.3 is 37.7 Å². The van der Waals surface area contributed by atoms with Crippen molar-refractivity contribution in [1.29, 1.82) is 0 Å².